The summed E-state index contributed by atoms with van der Waals surface area (Å²) in [6.45, 7) is 2.87. The number of aliphatic hydroxyl groups excluding tert-OH is 1. The van der Waals surface area contributed by atoms with E-state index in [1.54, 1.807) is 18.4 Å². The van der Waals surface area contributed by atoms with Crippen molar-refractivity contribution < 1.29 is 9.84 Å². The molecule has 8 heteroatoms. The van der Waals surface area contributed by atoms with E-state index >= 15 is 0 Å². The zero-order valence-corrected chi connectivity index (χ0v) is 12.9. The first kappa shape index (κ1) is 15.5. The summed E-state index contributed by atoms with van der Waals surface area (Å²) in [6.07, 6.45) is 0.270. The molecule has 0 saturated carbocycles. The van der Waals surface area contributed by atoms with E-state index in [0.29, 0.717) is 25.0 Å². The van der Waals surface area contributed by atoms with Crippen molar-refractivity contribution in [3.8, 4) is 6.01 Å². The Hall–Kier alpha value is -1.93. The SMILES string of the molecule is CCCOc1nc(NC)nc(NCC(O)c2ccsc2)n1. The number of nitrogens with one attached hydrogen (secondary N) is 2. The van der Waals surface area contributed by atoms with Crippen LogP contribution in [0.3, 0.4) is 0 Å². The van der Waals surface area contributed by atoms with E-state index in [0.717, 1.165) is 12.0 Å². The minimum atomic E-state index is -0.605. The van der Waals surface area contributed by atoms with Crippen LogP contribution in [0.2, 0.25) is 0 Å². The number of thiophene rings is 1. The fourth-order valence-corrected chi connectivity index (χ4v) is 2.28. The highest BCUT2D eigenvalue weighted by Gasteiger charge is 2.10. The van der Waals surface area contributed by atoms with Gasteiger partial charge in [-0.1, -0.05) is 6.92 Å². The summed E-state index contributed by atoms with van der Waals surface area (Å²) in [6, 6.07) is 2.16. The van der Waals surface area contributed by atoms with Crippen molar-refractivity contribution >= 4 is 23.2 Å². The molecule has 1 atom stereocenters. The van der Waals surface area contributed by atoms with Gasteiger partial charge in [-0.2, -0.15) is 26.3 Å². The number of rotatable bonds is 8. The molecule has 3 N–H and O–H groups in total. The van der Waals surface area contributed by atoms with Crippen LogP contribution in [0.4, 0.5) is 11.9 Å². The number of aromatic nitrogens is 3. The molecule has 7 nitrogen and oxygen atoms in total. The van der Waals surface area contributed by atoms with E-state index in [4.69, 9.17) is 4.74 Å². The van der Waals surface area contributed by atoms with Crippen LogP contribution < -0.4 is 15.4 Å². The third-order valence-corrected chi connectivity index (χ3v) is 3.36. The van der Waals surface area contributed by atoms with Gasteiger partial charge in [-0.25, -0.2) is 0 Å². The van der Waals surface area contributed by atoms with E-state index in [1.165, 1.54) is 0 Å². The molecule has 0 saturated heterocycles. The maximum absolute atomic E-state index is 10.0. The third-order valence-electron chi connectivity index (χ3n) is 2.66. The molecule has 2 rings (SSSR count). The Morgan fingerprint density at radius 3 is 2.81 bits per heavy atom. The van der Waals surface area contributed by atoms with E-state index < -0.39 is 6.10 Å². The number of nitrogens with zero attached hydrogens (tertiary/aromatic N) is 3. The van der Waals surface area contributed by atoms with Gasteiger partial charge in [0.2, 0.25) is 11.9 Å². The molecule has 21 heavy (non-hydrogen) atoms. The quantitative estimate of drug-likeness (QED) is 0.686. The first-order valence-electron chi connectivity index (χ1n) is 6.73. The Kier molecular flexibility index (Phi) is 5.70. The Labute approximate surface area is 127 Å². The van der Waals surface area contributed by atoms with Crippen LogP contribution in [0.5, 0.6) is 6.01 Å². The van der Waals surface area contributed by atoms with Gasteiger partial charge in [-0.05, 0) is 28.8 Å². The lowest BCUT2D eigenvalue weighted by Gasteiger charge is -2.12. The Balaban J connectivity index is 2.01. The minimum absolute atomic E-state index is 0.267. The first-order chi connectivity index (χ1) is 10.2. The van der Waals surface area contributed by atoms with Gasteiger partial charge < -0.3 is 20.5 Å². The molecular formula is C13H19N5O2S. The summed E-state index contributed by atoms with van der Waals surface area (Å²) >= 11 is 1.55. The van der Waals surface area contributed by atoms with Gasteiger partial charge in [0.25, 0.3) is 0 Å². The molecule has 0 spiro atoms. The molecule has 0 radical (unpaired) electrons. The van der Waals surface area contributed by atoms with Crippen LogP contribution in [-0.2, 0) is 0 Å². The first-order valence-corrected chi connectivity index (χ1v) is 7.68. The minimum Gasteiger partial charge on any atom is -0.463 e. The average molecular weight is 309 g/mol. The van der Waals surface area contributed by atoms with Crippen molar-refractivity contribution in [1.29, 1.82) is 0 Å². The third kappa shape index (κ3) is 4.54. The standard InChI is InChI=1S/C13H19N5O2S/c1-3-5-20-13-17-11(14-2)16-12(18-13)15-7-10(19)9-4-6-21-8-9/h4,6,8,10,19H,3,5,7H2,1-2H3,(H2,14,15,16,17,18). The van der Waals surface area contributed by atoms with Crippen molar-refractivity contribution in [3.63, 3.8) is 0 Å². The second-order valence-electron chi connectivity index (χ2n) is 4.32. The summed E-state index contributed by atoms with van der Waals surface area (Å²) in [5, 5.41) is 19.7. The molecule has 1 unspecified atom stereocenters. The lowest BCUT2D eigenvalue weighted by molar-refractivity contribution is 0.192. The molecule has 0 bridgehead atoms. The van der Waals surface area contributed by atoms with Gasteiger partial charge in [-0.15, -0.1) is 0 Å². The van der Waals surface area contributed by atoms with Gasteiger partial charge in [0.15, 0.2) is 0 Å². The smallest absolute Gasteiger partial charge is 0.323 e. The van der Waals surface area contributed by atoms with Crippen molar-refractivity contribution in [3.05, 3.63) is 22.4 Å². The summed E-state index contributed by atoms with van der Waals surface area (Å²) in [4.78, 5) is 12.5. The lowest BCUT2D eigenvalue weighted by Crippen LogP contribution is -2.15. The molecule has 2 aromatic heterocycles. The number of hydrogen-bond acceptors (Lipinski definition) is 8. The highest BCUT2D eigenvalue weighted by Crippen LogP contribution is 2.17. The number of aliphatic hydroxyl groups is 1. The predicted molar refractivity (Wildman–Crippen MR) is 82.9 cm³/mol. The van der Waals surface area contributed by atoms with Crippen LogP contribution in [0.25, 0.3) is 0 Å². The largest absolute Gasteiger partial charge is 0.463 e. The van der Waals surface area contributed by atoms with Crippen molar-refractivity contribution in [2.24, 2.45) is 0 Å². The van der Waals surface area contributed by atoms with Crippen molar-refractivity contribution in [1.82, 2.24) is 15.0 Å². The van der Waals surface area contributed by atoms with Crippen LogP contribution in [0.15, 0.2) is 16.8 Å². The molecule has 0 aliphatic heterocycles. The average Bonchev–Trinajstić information content (AvgIpc) is 3.04. The normalized spacial score (nSPS) is 12.0. The summed E-state index contributed by atoms with van der Waals surface area (Å²) in [5.74, 6) is 0.790. The molecule has 0 fully saturated rings. The molecule has 114 valence electrons. The monoisotopic (exact) mass is 309 g/mol. The van der Waals surface area contributed by atoms with Crippen molar-refractivity contribution in [2.45, 2.75) is 19.4 Å². The summed E-state index contributed by atoms with van der Waals surface area (Å²) in [5.41, 5.74) is 0.873. The molecule has 0 amide bonds. The maximum atomic E-state index is 10.0. The van der Waals surface area contributed by atoms with E-state index in [2.05, 4.69) is 25.6 Å². The molecular weight excluding hydrogens is 290 g/mol. The van der Waals surface area contributed by atoms with Gasteiger partial charge in [0.05, 0.1) is 12.7 Å². The van der Waals surface area contributed by atoms with Crippen LogP contribution in [0.1, 0.15) is 25.0 Å². The van der Waals surface area contributed by atoms with E-state index in [9.17, 15) is 5.11 Å². The molecule has 2 heterocycles. The molecule has 2 aromatic rings. The number of hydrogen-bond donors (Lipinski definition) is 3. The highest BCUT2D eigenvalue weighted by atomic mass is 32.1. The van der Waals surface area contributed by atoms with Crippen LogP contribution in [-0.4, -0.2) is 40.3 Å². The summed E-state index contributed by atoms with van der Waals surface area (Å²) in [7, 11) is 1.73. The van der Waals surface area contributed by atoms with Crippen LogP contribution >= 0.6 is 11.3 Å². The van der Waals surface area contributed by atoms with Gasteiger partial charge >= 0.3 is 6.01 Å². The molecule has 0 aromatic carbocycles. The Morgan fingerprint density at radius 1 is 1.33 bits per heavy atom. The van der Waals surface area contributed by atoms with Crippen LogP contribution in [0, 0.1) is 0 Å². The van der Waals surface area contributed by atoms with Gasteiger partial charge in [-0.3, -0.25) is 0 Å². The number of anilines is 2. The Bertz CT molecular complexity index is 549. The zero-order valence-electron chi connectivity index (χ0n) is 12.0. The Morgan fingerprint density at radius 2 is 2.14 bits per heavy atom. The highest BCUT2D eigenvalue weighted by molar-refractivity contribution is 7.07. The second kappa shape index (κ2) is 7.75. The topological polar surface area (TPSA) is 92.2 Å². The van der Waals surface area contributed by atoms with Gasteiger partial charge in [0.1, 0.15) is 0 Å². The van der Waals surface area contributed by atoms with E-state index in [-0.39, 0.29) is 6.01 Å². The maximum Gasteiger partial charge on any atom is 0.323 e. The predicted octanol–water partition coefficient (Wildman–Crippen LogP) is 1.91. The second-order valence-corrected chi connectivity index (χ2v) is 5.10. The fourth-order valence-electron chi connectivity index (χ4n) is 1.58. The fraction of sp³-hybridized carbons (Fsp3) is 0.462. The summed E-state index contributed by atoms with van der Waals surface area (Å²) < 4.78 is 5.41. The van der Waals surface area contributed by atoms with Crippen molar-refractivity contribution in [2.75, 3.05) is 30.8 Å². The van der Waals surface area contributed by atoms with Gasteiger partial charge in [0, 0.05) is 13.6 Å². The zero-order chi connectivity index (χ0) is 15.1. The van der Waals surface area contributed by atoms with E-state index in [1.807, 2.05) is 23.8 Å². The molecule has 0 aliphatic carbocycles. The number of ether oxygens (including phenoxy) is 1. The lowest BCUT2D eigenvalue weighted by atomic mass is 10.2. The molecule has 0 aliphatic rings.